The monoisotopic (exact) mass is 339 g/mol. The van der Waals surface area contributed by atoms with Crippen molar-refractivity contribution in [1.82, 2.24) is 0 Å². The maximum atomic E-state index is 13.4. The third-order valence-corrected chi connectivity index (χ3v) is 3.78. The number of halogens is 2. The summed E-state index contributed by atoms with van der Waals surface area (Å²) in [6.45, 7) is 3.43. The van der Waals surface area contributed by atoms with Gasteiger partial charge in [0.05, 0.1) is 12.4 Å². The van der Waals surface area contributed by atoms with Crippen LogP contribution in [0.25, 0.3) is 0 Å². The Morgan fingerprint density at radius 1 is 1.44 bits per heavy atom. The highest BCUT2D eigenvalue weighted by Gasteiger charge is 2.25. The van der Waals surface area contributed by atoms with E-state index in [-0.39, 0.29) is 18.1 Å². The van der Waals surface area contributed by atoms with Crippen LogP contribution in [-0.4, -0.2) is 20.8 Å². The first-order valence-corrected chi connectivity index (χ1v) is 7.68. The highest BCUT2D eigenvalue weighted by Crippen LogP contribution is 2.25. The normalized spacial score (nSPS) is 12.5. The van der Waals surface area contributed by atoms with Crippen LogP contribution in [0.1, 0.15) is 13.8 Å². The summed E-state index contributed by atoms with van der Waals surface area (Å²) in [6, 6.07) is 4.31. The fourth-order valence-corrected chi connectivity index (χ4v) is 2.96. The number of primary sulfonamides is 1. The zero-order chi connectivity index (χ0) is 14.0. The third kappa shape index (κ3) is 5.32. The van der Waals surface area contributed by atoms with E-state index in [1.54, 1.807) is 19.9 Å². The van der Waals surface area contributed by atoms with Crippen LogP contribution in [0.15, 0.2) is 22.7 Å². The van der Waals surface area contributed by atoms with Crippen LogP contribution in [-0.2, 0) is 10.0 Å². The van der Waals surface area contributed by atoms with E-state index >= 15 is 0 Å². The van der Waals surface area contributed by atoms with Crippen LogP contribution < -0.4 is 9.88 Å². The van der Waals surface area contributed by atoms with E-state index < -0.39 is 21.3 Å². The van der Waals surface area contributed by atoms with Gasteiger partial charge in [0, 0.05) is 9.89 Å². The van der Waals surface area contributed by atoms with E-state index in [2.05, 4.69) is 15.9 Å². The molecule has 1 rings (SSSR count). The molecule has 1 aromatic carbocycles. The molecule has 0 unspecified atom stereocenters. The largest absolute Gasteiger partial charge is 0.490 e. The number of nitrogens with two attached hydrogens (primary N) is 1. The van der Waals surface area contributed by atoms with Gasteiger partial charge in [0.25, 0.3) is 0 Å². The SMILES string of the molecule is CC(C)(COc1cc(Br)ccc1F)CS(N)(=O)=O. The smallest absolute Gasteiger partial charge is 0.209 e. The van der Waals surface area contributed by atoms with Crippen LogP contribution in [0.5, 0.6) is 5.75 Å². The van der Waals surface area contributed by atoms with Crippen LogP contribution in [0, 0.1) is 11.2 Å². The molecular weight excluding hydrogens is 325 g/mol. The Hall–Kier alpha value is -0.660. The maximum absolute atomic E-state index is 13.4. The van der Waals surface area contributed by atoms with Gasteiger partial charge >= 0.3 is 0 Å². The Morgan fingerprint density at radius 3 is 2.61 bits per heavy atom. The van der Waals surface area contributed by atoms with Gasteiger partial charge in [-0.25, -0.2) is 17.9 Å². The van der Waals surface area contributed by atoms with Crippen molar-refractivity contribution in [2.24, 2.45) is 10.6 Å². The van der Waals surface area contributed by atoms with Crippen molar-refractivity contribution >= 4 is 26.0 Å². The lowest BCUT2D eigenvalue weighted by Crippen LogP contribution is -2.33. The molecule has 0 amide bonds. The molecule has 0 aliphatic rings. The van der Waals surface area contributed by atoms with Gasteiger partial charge in [-0.1, -0.05) is 29.8 Å². The molecule has 0 heterocycles. The van der Waals surface area contributed by atoms with Crippen molar-refractivity contribution in [2.45, 2.75) is 13.8 Å². The molecule has 102 valence electrons. The fraction of sp³-hybridized carbons (Fsp3) is 0.455. The Balaban J connectivity index is 2.72. The van der Waals surface area contributed by atoms with Crippen LogP contribution >= 0.6 is 15.9 Å². The van der Waals surface area contributed by atoms with Gasteiger partial charge in [0.15, 0.2) is 11.6 Å². The molecule has 0 spiro atoms. The quantitative estimate of drug-likeness (QED) is 0.894. The maximum Gasteiger partial charge on any atom is 0.209 e. The lowest BCUT2D eigenvalue weighted by atomic mass is 9.98. The van der Waals surface area contributed by atoms with Gasteiger partial charge in [0.2, 0.25) is 10.0 Å². The molecule has 0 aliphatic heterocycles. The lowest BCUT2D eigenvalue weighted by molar-refractivity contribution is 0.193. The Morgan fingerprint density at radius 2 is 2.06 bits per heavy atom. The Kier molecular flexibility index (Phi) is 4.74. The summed E-state index contributed by atoms with van der Waals surface area (Å²) in [5.74, 6) is -0.646. The number of ether oxygens (including phenoxy) is 1. The molecule has 0 bridgehead atoms. The molecule has 1 aromatic rings. The fourth-order valence-electron chi connectivity index (χ4n) is 1.45. The van der Waals surface area contributed by atoms with Gasteiger partial charge in [-0.15, -0.1) is 0 Å². The minimum atomic E-state index is -3.59. The lowest BCUT2D eigenvalue weighted by Gasteiger charge is -2.23. The van der Waals surface area contributed by atoms with Gasteiger partial charge in [-0.05, 0) is 18.2 Å². The second-order valence-electron chi connectivity index (χ2n) is 4.83. The van der Waals surface area contributed by atoms with Crippen molar-refractivity contribution in [3.05, 3.63) is 28.5 Å². The van der Waals surface area contributed by atoms with E-state index in [0.717, 1.165) is 0 Å². The zero-order valence-electron chi connectivity index (χ0n) is 10.1. The van der Waals surface area contributed by atoms with Gasteiger partial charge in [-0.2, -0.15) is 0 Å². The van der Waals surface area contributed by atoms with Crippen molar-refractivity contribution in [3.63, 3.8) is 0 Å². The first-order valence-electron chi connectivity index (χ1n) is 5.17. The van der Waals surface area contributed by atoms with Gasteiger partial charge in [-0.3, -0.25) is 0 Å². The molecule has 0 aliphatic carbocycles. The van der Waals surface area contributed by atoms with Crippen LogP contribution in [0.2, 0.25) is 0 Å². The molecular formula is C11H15BrFNO3S. The summed E-state index contributed by atoms with van der Waals surface area (Å²) >= 11 is 3.20. The van der Waals surface area contributed by atoms with E-state index in [4.69, 9.17) is 9.88 Å². The Bertz CT molecular complexity index is 531. The average Bonchev–Trinajstić information content (AvgIpc) is 2.16. The predicted molar refractivity (Wildman–Crippen MR) is 71.4 cm³/mol. The third-order valence-electron chi connectivity index (χ3n) is 2.10. The molecule has 18 heavy (non-hydrogen) atoms. The highest BCUT2D eigenvalue weighted by molar-refractivity contribution is 9.10. The summed E-state index contributed by atoms with van der Waals surface area (Å²) in [5.41, 5.74) is -0.692. The number of rotatable bonds is 5. The molecule has 0 radical (unpaired) electrons. The van der Waals surface area contributed by atoms with Gasteiger partial charge in [0.1, 0.15) is 0 Å². The van der Waals surface area contributed by atoms with E-state index in [1.807, 2.05) is 0 Å². The molecule has 7 heteroatoms. The van der Waals surface area contributed by atoms with Gasteiger partial charge < -0.3 is 4.74 Å². The second-order valence-corrected chi connectivity index (χ2v) is 7.36. The number of hydrogen-bond donors (Lipinski definition) is 1. The van der Waals surface area contributed by atoms with Crippen molar-refractivity contribution in [3.8, 4) is 5.75 Å². The number of sulfonamides is 1. The first kappa shape index (κ1) is 15.4. The van der Waals surface area contributed by atoms with Crippen molar-refractivity contribution in [1.29, 1.82) is 0 Å². The molecule has 0 fully saturated rings. The standard InChI is InChI=1S/C11H15BrFNO3S/c1-11(2,7-18(14,15)16)6-17-10-5-8(12)3-4-9(10)13/h3-5H,6-7H2,1-2H3,(H2,14,15,16). The highest BCUT2D eigenvalue weighted by atomic mass is 79.9. The molecule has 0 saturated heterocycles. The molecule has 2 N–H and O–H groups in total. The van der Waals surface area contributed by atoms with E-state index in [0.29, 0.717) is 4.47 Å². The van der Waals surface area contributed by atoms with Crippen molar-refractivity contribution in [2.75, 3.05) is 12.4 Å². The minimum Gasteiger partial charge on any atom is -0.490 e. The van der Waals surface area contributed by atoms with E-state index in [9.17, 15) is 12.8 Å². The molecule has 0 atom stereocenters. The summed E-state index contributed by atoms with van der Waals surface area (Å²) in [4.78, 5) is 0. The number of hydrogen-bond acceptors (Lipinski definition) is 3. The minimum absolute atomic E-state index is 0.0524. The number of benzene rings is 1. The zero-order valence-corrected chi connectivity index (χ0v) is 12.5. The average molecular weight is 340 g/mol. The summed E-state index contributed by atoms with van der Waals surface area (Å²) in [7, 11) is -3.59. The van der Waals surface area contributed by atoms with E-state index in [1.165, 1.54) is 12.1 Å². The molecule has 4 nitrogen and oxygen atoms in total. The van der Waals surface area contributed by atoms with Crippen molar-refractivity contribution < 1.29 is 17.5 Å². The Labute approximate surface area is 115 Å². The van der Waals surface area contributed by atoms with Crippen LogP contribution in [0.3, 0.4) is 0 Å². The molecule has 0 aromatic heterocycles. The first-order chi connectivity index (χ1) is 8.09. The topological polar surface area (TPSA) is 69.4 Å². The molecule has 0 saturated carbocycles. The predicted octanol–water partition coefficient (Wildman–Crippen LogP) is 2.28. The summed E-state index contributed by atoms with van der Waals surface area (Å²) < 4.78 is 41.4. The van der Waals surface area contributed by atoms with Crippen LogP contribution in [0.4, 0.5) is 4.39 Å². The summed E-state index contributed by atoms with van der Waals surface area (Å²) in [6.07, 6.45) is 0. The second kappa shape index (κ2) is 5.54. The summed E-state index contributed by atoms with van der Waals surface area (Å²) in [5, 5.41) is 4.98.